The zero-order chi connectivity index (χ0) is 13.0. The highest BCUT2D eigenvalue weighted by Gasteiger charge is 2.17. The number of aryl methyl sites for hydroxylation is 1. The van der Waals surface area contributed by atoms with Gasteiger partial charge in [0.1, 0.15) is 6.04 Å². The molecule has 0 radical (unpaired) electrons. The number of rotatable bonds is 4. The van der Waals surface area contributed by atoms with Crippen LogP contribution in [0.5, 0.6) is 0 Å². The minimum atomic E-state index is -0.840. The number of aliphatic hydroxyl groups is 1. The van der Waals surface area contributed by atoms with Crippen LogP contribution in [-0.2, 0) is 11.3 Å². The summed E-state index contributed by atoms with van der Waals surface area (Å²) in [5.41, 5.74) is 7.66. The molecule has 1 amide bonds. The highest BCUT2D eigenvalue weighted by atomic mass is 79.9. The quantitative estimate of drug-likeness (QED) is 0.873. The lowest BCUT2D eigenvalue weighted by atomic mass is 10.1. The van der Waals surface area contributed by atoms with Crippen molar-refractivity contribution in [2.45, 2.75) is 19.5 Å². The summed E-state index contributed by atoms with van der Waals surface area (Å²) in [6.07, 6.45) is 0. The van der Waals surface area contributed by atoms with Crippen LogP contribution >= 0.6 is 15.9 Å². The van der Waals surface area contributed by atoms with Gasteiger partial charge in [0.2, 0.25) is 5.91 Å². The molecule has 1 aromatic carbocycles. The van der Waals surface area contributed by atoms with Crippen LogP contribution in [0.15, 0.2) is 22.7 Å². The third-order valence-electron chi connectivity index (χ3n) is 2.61. The van der Waals surface area contributed by atoms with Crippen LogP contribution in [0.3, 0.4) is 0 Å². The molecule has 5 heteroatoms. The molecular weight excluding hydrogens is 284 g/mol. The second-order valence-corrected chi connectivity index (χ2v) is 4.97. The van der Waals surface area contributed by atoms with Gasteiger partial charge in [-0.1, -0.05) is 22.0 Å². The Morgan fingerprint density at radius 3 is 2.82 bits per heavy atom. The molecule has 1 aromatic rings. The molecule has 0 aliphatic rings. The summed E-state index contributed by atoms with van der Waals surface area (Å²) >= 11 is 3.40. The molecule has 17 heavy (non-hydrogen) atoms. The van der Waals surface area contributed by atoms with Crippen molar-refractivity contribution in [3.8, 4) is 0 Å². The first-order valence-corrected chi connectivity index (χ1v) is 6.11. The maximum Gasteiger partial charge on any atom is 0.241 e. The van der Waals surface area contributed by atoms with E-state index in [0.717, 1.165) is 15.6 Å². The topological polar surface area (TPSA) is 66.6 Å². The summed E-state index contributed by atoms with van der Waals surface area (Å²) in [5.74, 6) is -0.258. The molecule has 94 valence electrons. The highest BCUT2D eigenvalue weighted by Crippen LogP contribution is 2.17. The van der Waals surface area contributed by atoms with E-state index < -0.39 is 6.04 Å². The average Bonchev–Trinajstić information content (AvgIpc) is 2.31. The van der Waals surface area contributed by atoms with Gasteiger partial charge in [0.05, 0.1) is 6.61 Å². The standard InChI is InChI=1S/C12H17BrN2O2/c1-8-3-4-10(13)5-9(8)6-15(2)12(17)11(14)7-16/h3-5,11,16H,6-7,14H2,1-2H3. The molecule has 3 N–H and O–H groups in total. The van der Waals surface area contributed by atoms with E-state index in [2.05, 4.69) is 15.9 Å². The number of hydrogen-bond acceptors (Lipinski definition) is 3. The summed E-state index contributed by atoms with van der Waals surface area (Å²) < 4.78 is 0.977. The van der Waals surface area contributed by atoms with Crippen molar-refractivity contribution in [1.29, 1.82) is 0 Å². The molecule has 0 saturated heterocycles. The average molecular weight is 301 g/mol. The maximum absolute atomic E-state index is 11.7. The van der Waals surface area contributed by atoms with E-state index >= 15 is 0 Å². The van der Waals surface area contributed by atoms with Crippen LogP contribution in [0.1, 0.15) is 11.1 Å². The Kier molecular flexibility index (Phi) is 5.11. The Hall–Kier alpha value is -0.910. The fraction of sp³-hybridized carbons (Fsp3) is 0.417. The molecule has 1 unspecified atom stereocenters. The van der Waals surface area contributed by atoms with Crippen LogP contribution in [0.2, 0.25) is 0 Å². The largest absolute Gasteiger partial charge is 0.394 e. The summed E-state index contributed by atoms with van der Waals surface area (Å²) in [5, 5.41) is 8.84. The van der Waals surface area contributed by atoms with Crippen LogP contribution in [0.25, 0.3) is 0 Å². The normalized spacial score (nSPS) is 12.3. The van der Waals surface area contributed by atoms with Gasteiger partial charge in [-0.05, 0) is 30.2 Å². The third kappa shape index (κ3) is 3.80. The molecule has 0 bridgehead atoms. The Morgan fingerprint density at radius 1 is 1.59 bits per heavy atom. The van der Waals surface area contributed by atoms with Gasteiger partial charge < -0.3 is 15.7 Å². The van der Waals surface area contributed by atoms with Crippen molar-refractivity contribution in [3.05, 3.63) is 33.8 Å². The molecule has 0 aliphatic heterocycles. The van der Waals surface area contributed by atoms with Gasteiger partial charge in [-0.15, -0.1) is 0 Å². The van der Waals surface area contributed by atoms with Crippen molar-refractivity contribution < 1.29 is 9.90 Å². The van der Waals surface area contributed by atoms with Crippen LogP contribution in [-0.4, -0.2) is 35.6 Å². The number of nitrogens with two attached hydrogens (primary N) is 1. The van der Waals surface area contributed by atoms with Gasteiger partial charge in [-0.2, -0.15) is 0 Å². The number of halogens is 1. The molecule has 0 saturated carbocycles. The minimum Gasteiger partial charge on any atom is -0.394 e. The number of hydrogen-bond donors (Lipinski definition) is 2. The predicted octanol–water partition coefficient (Wildman–Crippen LogP) is 1.04. The lowest BCUT2D eigenvalue weighted by Gasteiger charge is -2.21. The molecular formula is C12H17BrN2O2. The molecule has 0 fully saturated rings. The van der Waals surface area contributed by atoms with Gasteiger partial charge in [0.15, 0.2) is 0 Å². The molecule has 0 aliphatic carbocycles. The Morgan fingerprint density at radius 2 is 2.24 bits per heavy atom. The number of carbonyl (C=O) groups is 1. The first-order valence-electron chi connectivity index (χ1n) is 5.32. The fourth-order valence-corrected chi connectivity index (χ4v) is 1.91. The summed E-state index contributed by atoms with van der Waals surface area (Å²) in [7, 11) is 1.68. The molecule has 4 nitrogen and oxygen atoms in total. The third-order valence-corrected chi connectivity index (χ3v) is 3.10. The van der Waals surface area contributed by atoms with Gasteiger partial charge in [-0.3, -0.25) is 4.79 Å². The fourth-order valence-electron chi connectivity index (χ4n) is 1.50. The van der Waals surface area contributed by atoms with E-state index in [1.807, 2.05) is 25.1 Å². The van der Waals surface area contributed by atoms with Crippen LogP contribution < -0.4 is 5.73 Å². The van der Waals surface area contributed by atoms with Gasteiger partial charge in [0, 0.05) is 18.1 Å². The van der Waals surface area contributed by atoms with Crippen molar-refractivity contribution in [2.24, 2.45) is 5.73 Å². The SMILES string of the molecule is Cc1ccc(Br)cc1CN(C)C(=O)C(N)CO. The smallest absolute Gasteiger partial charge is 0.241 e. The number of benzene rings is 1. The Bertz CT molecular complexity index is 409. The van der Waals surface area contributed by atoms with E-state index in [4.69, 9.17) is 10.8 Å². The Balaban J connectivity index is 2.77. The number of aliphatic hydroxyl groups excluding tert-OH is 1. The molecule has 0 aromatic heterocycles. The monoisotopic (exact) mass is 300 g/mol. The number of nitrogens with zero attached hydrogens (tertiary/aromatic N) is 1. The summed E-state index contributed by atoms with van der Waals surface area (Å²) in [4.78, 5) is 13.2. The van der Waals surface area contributed by atoms with E-state index in [0.29, 0.717) is 6.54 Å². The molecule has 1 rings (SSSR count). The summed E-state index contributed by atoms with van der Waals surface area (Å²) in [6, 6.07) is 5.08. The second-order valence-electron chi connectivity index (χ2n) is 4.05. The first kappa shape index (κ1) is 14.2. The maximum atomic E-state index is 11.7. The molecule has 0 spiro atoms. The minimum absolute atomic E-state index is 0.258. The number of amides is 1. The molecule has 1 atom stereocenters. The van der Waals surface area contributed by atoms with Crippen molar-refractivity contribution in [3.63, 3.8) is 0 Å². The van der Waals surface area contributed by atoms with Crippen molar-refractivity contribution in [1.82, 2.24) is 4.90 Å². The van der Waals surface area contributed by atoms with Gasteiger partial charge >= 0.3 is 0 Å². The molecule has 0 heterocycles. The Labute approximate surface area is 110 Å². The first-order chi connectivity index (χ1) is 7.95. The summed E-state index contributed by atoms with van der Waals surface area (Å²) in [6.45, 7) is 2.14. The van der Waals surface area contributed by atoms with Crippen LogP contribution in [0, 0.1) is 6.92 Å². The van der Waals surface area contributed by atoms with Crippen molar-refractivity contribution in [2.75, 3.05) is 13.7 Å². The number of carbonyl (C=O) groups excluding carboxylic acids is 1. The van der Waals surface area contributed by atoms with Crippen molar-refractivity contribution >= 4 is 21.8 Å². The zero-order valence-corrected chi connectivity index (χ0v) is 11.6. The van der Waals surface area contributed by atoms with E-state index in [1.165, 1.54) is 4.90 Å². The zero-order valence-electron chi connectivity index (χ0n) is 9.98. The van der Waals surface area contributed by atoms with E-state index in [9.17, 15) is 4.79 Å². The lowest BCUT2D eigenvalue weighted by Crippen LogP contribution is -2.43. The van der Waals surface area contributed by atoms with Gasteiger partial charge in [0.25, 0.3) is 0 Å². The lowest BCUT2D eigenvalue weighted by molar-refractivity contribution is -0.132. The highest BCUT2D eigenvalue weighted by molar-refractivity contribution is 9.10. The van der Waals surface area contributed by atoms with E-state index in [1.54, 1.807) is 7.05 Å². The second kappa shape index (κ2) is 6.14. The number of likely N-dealkylation sites (N-methyl/N-ethyl adjacent to an activating group) is 1. The van der Waals surface area contributed by atoms with Gasteiger partial charge in [-0.25, -0.2) is 0 Å². The van der Waals surface area contributed by atoms with Crippen LogP contribution in [0.4, 0.5) is 0 Å². The predicted molar refractivity (Wildman–Crippen MR) is 70.4 cm³/mol. The van der Waals surface area contributed by atoms with E-state index in [-0.39, 0.29) is 12.5 Å².